The molecule has 0 radical (unpaired) electrons. The van der Waals surface area contributed by atoms with Crippen LogP contribution in [0, 0.1) is 13.8 Å². The van der Waals surface area contributed by atoms with Gasteiger partial charge in [0, 0.05) is 12.3 Å². The number of aromatic nitrogens is 3. The lowest BCUT2D eigenvalue weighted by molar-refractivity contribution is 0.453. The van der Waals surface area contributed by atoms with Crippen LogP contribution in [0.3, 0.4) is 0 Å². The maximum atomic E-state index is 5.63. The highest BCUT2D eigenvalue weighted by Crippen LogP contribution is 2.23. The third kappa shape index (κ3) is 2.55. The molecule has 0 N–H and O–H groups in total. The minimum absolute atomic E-state index is 0.510. The number of rotatable bonds is 2. The Kier molecular flexibility index (Phi) is 3.14. The molecule has 2 heterocycles. The van der Waals surface area contributed by atoms with Gasteiger partial charge in [-0.3, -0.25) is 4.98 Å². The Morgan fingerprint density at radius 1 is 1.25 bits per heavy atom. The molecule has 0 atom stereocenters. The van der Waals surface area contributed by atoms with Crippen molar-refractivity contribution in [3.8, 4) is 11.6 Å². The SMILES string of the molecule is Cc1nc(Br)cc(Oc2cccnc2C)n1. The van der Waals surface area contributed by atoms with Crippen molar-refractivity contribution in [2.45, 2.75) is 13.8 Å². The number of ether oxygens (including phenoxy) is 1. The number of aryl methyl sites for hydroxylation is 2. The van der Waals surface area contributed by atoms with Crippen molar-refractivity contribution in [3.05, 3.63) is 40.5 Å². The lowest BCUT2D eigenvalue weighted by atomic mass is 10.3. The van der Waals surface area contributed by atoms with E-state index >= 15 is 0 Å². The van der Waals surface area contributed by atoms with Gasteiger partial charge in [-0.2, -0.15) is 4.98 Å². The van der Waals surface area contributed by atoms with Gasteiger partial charge in [0.05, 0.1) is 5.69 Å². The zero-order valence-electron chi connectivity index (χ0n) is 8.94. The fourth-order valence-electron chi connectivity index (χ4n) is 1.25. The first-order valence-electron chi connectivity index (χ1n) is 4.76. The average molecular weight is 280 g/mol. The largest absolute Gasteiger partial charge is 0.437 e. The van der Waals surface area contributed by atoms with Gasteiger partial charge >= 0.3 is 0 Å². The van der Waals surface area contributed by atoms with E-state index in [9.17, 15) is 0 Å². The predicted molar refractivity (Wildman–Crippen MR) is 63.5 cm³/mol. The average Bonchev–Trinajstić information content (AvgIpc) is 2.20. The highest BCUT2D eigenvalue weighted by Gasteiger charge is 2.04. The molecule has 2 rings (SSSR count). The standard InChI is InChI=1S/C11H10BrN3O/c1-7-9(4-3-5-13-7)16-11-6-10(12)14-8(2)15-11/h3-6H,1-2H3. The van der Waals surface area contributed by atoms with Crippen LogP contribution < -0.4 is 4.74 Å². The maximum Gasteiger partial charge on any atom is 0.223 e. The van der Waals surface area contributed by atoms with Gasteiger partial charge in [-0.15, -0.1) is 0 Å². The van der Waals surface area contributed by atoms with Gasteiger partial charge < -0.3 is 4.74 Å². The molecule has 0 aliphatic rings. The molecule has 4 nitrogen and oxygen atoms in total. The zero-order valence-corrected chi connectivity index (χ0v) is 10.5. The molecule has 0 aromatic carbocycles. The number of pyridine rings is 1. The van der Waals surface area contributed by atoms with E-state index in [1.807, 2.05) is 26.0 Å². The van der Waals surface area contributed by atoms with Crippen LogP contribution in [0.2, 0.25) is 0 Å². The van der Waals surface area contributed by atoms with Crippen LogP contribution in [0.15, 0.2) is 29.0 Å². The van der Waals surface area contributed by atoms with Crippen LogP contribution in [-0.2, 0) is 0 Å². The minimum Gasteiger partial charge on any atom is -0.437 e. The quantitative estimate of drug-likeness (QED) is 0.793. The van der Waals surface area contributed by atoms with Gasteiger partial charge in [-0.1, -0.05) is 0 Å². The normalized spacial score (nSPS) is 10.2. The highest BCUT2D eigenvalue weighted by atomic mass is 79.9. The molecule has 0 fully saturated rings. The molecule has 0 unspecified atom stereocenters. The van der Waals surface area contributed by atoms with Gasteiger partial charge in [0.15, 0.2) is 5.75 Å². The summed E-state index contributed by atoms with van der Waals surface area (Å²) in [6.07, 6.45) is 1.73. The van der Waals surface area contributed by atoms with E-state index in [1.54, 1.807) is 12.3 Å². The second-order valence-corrected chi connectivity index (χ2v) is 4.08. The summed E-state index contributed by atoms with van der Waals surface area (Å²) in [4.78, 5) is 12.4. The second kappa shape index (κ2) is 4.57. The minimum atomic E-state index is 0.510. The molecule has 0 saturated carbocycles. The van der Waals surface area contributed by atoms with E-state index in [2.05, 4.69) is 30.9 Å². The molecular weight excluding hydrogens is 270 g/mol. The first-order valence-corrected chi connectivity index (χ1v) is 5.55. The zero-order chi connectivity index (χ0) is 11.5. The first-order chi connectivity index (χ1) is 7.65. The van der Waals surface area contributed by atoms with Crippen LogP contribution in [0.4, 0.5) is 0 Å². The van der Waals surface area contributed by atoms with Crippen LogP contribution in [0.1, 0.15) is 11.5 Å². The first kappa shape index (κ1) is 11.0. The van der Waals surface area contributed by atoms with Crippen molar-refractivity contribution in [1.29, 1.82) is 0 Å². The Morgan fingerprint density at radius 2 is 2.06 bits per heavy atom. The van der Waals surface area contributed by atoms with Crippen LogP contribution in [0.5, 0.6) is 11.6 Å². The van der Waals surface area contributed by atoms with Gasteiger partial charge in [0.2, 0.25) is 5.88 Å². The molecule has 0 aliphatic carbocycles. The molecule has 0 aliphatic heterocycles. The molecule has 2 aromatic heterocycles. The van der Waals surface area contributed by atoms with E-state index in [0.717, 1.165) is 5.69 Å². The molecule has 5 heteroatoms. The molecule has 0 saturated heterocycles. The fraction of sp³-hybridized carbons (Fsp3) is 0.182. The van der Waals surface area contributed by atoms with Gasteiger partial charge in [0.1, 0.15) is 10.4 Å². The van der Waals surface area contributed by atoms with Crippen molar-refractivity contribution in [2.75, 3.05) is 0 Å². The summed E-state index contributed by atoms with van der Waals surface area (Å²) in [7, 11) is 0. The van der Waals surface area contributed by atoms with Crippen LogP contribution in [0.25, 0.3) is 0 Å². The molecule has 16 heavy (non-hydrogen) atoms. The van der Waals surface area contributed by atoms with Crippen molar-refractivity contribution in [3.63, 3.8) is 0 Å². The fourth-order valence-corrected chi connectivity index (χ4v) is 1.70. The number of hydrogen-bond donors (Lipinski definition) is 0. The summed E-state index contributed by atoms with van der Waals surface area (Å²) in [6, 6.07) is 5.40. The lowest BCUT2D eigenvalue weighted by Crippen LogP contribution is -1.95. The van der Waals surface area contributed by atoms with E-state index in [0.29, 0.717) is 22.1 Å². The predicted octanol–water partition coefficient (Wildman–Crippen LogP) is 3.04. The number of halogens is 1. The van der Waals surface area contributed by atoms with Gasteiger partial charge in [-0.05, 0) is 41.9 Å². The third-order valence-electron chi connectivity index (χ3n) is 1.96. The summed E-state index contributed by atoms with van der Waals surface area (Å²) in [5.41, 5.74) is 0.829. The number of hydrogen-bond acceptors (Lipinski definition) is 4. The van der Waals surface area contributed by atoms with Gasteiger partial charge in [-0.25, -0.2) is 4.98 Å². The molecule has 0 bridgehead atoms. The van der Waals surface area contributed by atoms with Crippen molar-refractivity contribution >= 4 is 15.9 Å². The summed E-state index contributed by atoms with van der Waals surface area (Å²) in [5.74, 6) is 1.87. The Balaban J connectivity index is 2.30. The summed E-state index contributed by atoms with van der Waals surface area (Å²) >= 11 is 3.30. The Labute approximate surface area is 102 Å². The summed E-state index contributed by atoms with van der Waals surface area (Å²) < 4.78 is 6.33. The second-order valence-electron chi connectivity index (χ2n) is 3.27. The van der Waals surface area contributed by atoms with E-state index in [4.69, 9.17) is 4.74 Å². The molecule has 0 spiro atoms. The molecule has 82 valence electrons. The van der Waals surface area contributed by atoms with Crippen molar-refractivity contribution in [1.82, 2.24) is 15.0 Å². The smallest absolute Gasteiger partial charge is 0.223 e. The summed E-state index contributed by atoms with van der Waals surface area (Å²) in [5, 5.41) is 0. The van der Waals surface area contributed by atoms with Crippen molar-refractivity contribution in [2.24, 2.45) is 0 Å². The number of nitrogens with zero attached hydrogens (tertiary/aromatic N) is 3. The Hall–Kier alpha value is -1.49. The molecular formula is C11H10BrN3O. The van der Waals surface area contributed by atoms with E-state index in [-0.39, 0.29) is 0 Å². The Bertz CT molecular complexity index is 496. The van der Waals surface area contributed by atoms with E-state index < -0.39 is 0 Å². The third-order valence-corrected chi connectivity index (χ3v) is 2.36. The van der Waals surface area contributed by atoms with Crippen LogP contribution >= 0.6 is 15.9 Å². The summed E-state index contributed by atoms with van der Waals surface area (Å²) in [6.45, 7) is 3.70. The maximum absolute atomic E-state index is 5.63. The van der Waals surface area contributed by atoms with E-state index in [1.165, 1.54) is 0 Å². The molecule has 2 aromatic rings. The van der Waals surface area contributed by atoms with Crippen molar-refractivity contribution < 1.29 is 4.74 Å². The highest BCUT2D eigenvalue weighted by molar-refractivity contribution is 9.10. The lowest BCUT2D eigenvalue weighted by Gasteiger charge is -2.07. The molecule has 0 amide bonds. The monoisotopic (exact) mass is 279 g/mol. The topological polar surface area (TPSA) is 47.9 Å². The van der Waals surface area contributed by atoms with Crippen LogP contribution in [-0.4, -0.2) is 15.0 Å². The van der Waals surface area contributed by atoms with Gasteiger partial charge in [0.25, 0.3) is 0 Å². The Morgan fingerprint density at radius 3 is 2.75 bits per heavy atom.